The molecule has 0 atom stereocenters. The van der Waals surface area contributed by atoms with E-state index < -0.39 is 0 Å². The van der Waals surface area contributed by atoms with Crippen LogP contribution in [0.25, 0.3) is 66.5 Å². The van der Waals surface area contributed by atoms with Gasteiger partial charge in [-0.15, -0.1) is 0 Å². The molecule has 0 radical (unpaired) electrons. The fourth-order valence-electron chi connectivity index (χ4n) is 5.99. The van der Waals surface area contributed by atoms with Gasteiger partial charge in [0.25, 0.3) is 0 Å². The number of hydrogen-bond acceptors (Lipinski definition) is 1. The first-order valence-corrected chi connectivity index (χ1v) is 13.6. The summed E-state index contributed by atoms with van der Waals surface area (Å²) in [5, 5.41) is 2.49. The van der Waals surface area contributed by atoms with E-state index in [-0.39, 0.29) is 0 Å². The first kappa shape index (κ1) is 22.6. The van der Waals surface area contributed by atoms with Crippen molar-refractivity contribution in [1.82, 2.24) is 14.1 Å². The van der Waals surface area contributed by atoms with Crippen molar-refractivity contribution < 1.29 is 0 Å². The Morgan fingerprint density at radius 1 is 0.500 bits per heavy atom. The van der Waals surface area contributed by atoms with Gasteiger partial charge in [-0.3, -0.25) is 4.98 Å². The van der Waals surface area contributed by atoms with Crippen LogP contribution in [0.1, 0.15) is 0 Å². The molecule has 0 aliphatic carbocycles. The lowest BCUT2D eigenvalue weighted by molar-refractivity contribution is 1.09. The van der Waals surface area contributed by atoms with E-state index >= 15 is 0 Å². The molecule has 0 aliphatic heterocycles. The second-order valence-electron chi connectivity index (χ2n) is 10.1. The van der Waals surface area contributed by atoms with Gasteiger partial charge in [0.15, 0.2) is 0 Å². The third kappa shape index (κ3) is 3.49. The fourth-order valence-corrected chi connectivity index (χ4v) is 5.99. The van der Waals surface area contributed by atoms with Gasteiger partial charge in [-0.2, -0.15) is 0 Å². The normalized spacial score (nSPS) is 11.5. The highest BCUT2D eigenvalue weighted by molar-refractivity contribution is 6.11. The fraction of sp³-hybridized carbons (Fsp3) is 0. The van der Waals surface area contributed by atoms with Gasteiger partial charge in [0.05, 0.1) is 27.8 Å². The minimum Gasteiger partial charge on any atom is -0.313 e. The molecular weight excluding hydrogens is 486 g/mol. The maximum absolute atomic E-state index is 4.98. The monoisotopic (exact) mass is 511 g/mol. The van der Waals surface area contributed by atoms with Gasteiger partial charge in [-0.1, -0.05) is 109 Å². The Morgan fingerprint density at radius 2 is 1.10 bits per heavy atom. The highest BCUT2D eigenvalue weighted by Gasteiger charge is 2.20. The summed E-state index contributed by atoms with van der Waals surface area (Å²) in [6.45, 7) is 0. The number of aromatic nitrogens is 3. The molecule has 8 aromatic rings. The van der Waals surface area contributed by atoms with E-state index in [1.807, 2.05) is 6.20 Å². The van der Waals surface area contributed by atoms with Crippen LogP contribution in [0.4, 0.5) is 0 Å². The van der Waals surface area contributed by atoms with Gasteiger partial charge >= 0.3 is 0 Å². The van der Waals surface area contributed by atoms with Crippen molar-refractivity contribution in [3.05, 3.63) is 152 Å². The second-order valence-corrected chi connectivity index (χ2v) is 10.1. The van der Waals surface area contributed by atoms with Crippen molar-refractivity contribution in [3.8, 4) is 33.6 Å². The van der Waals surface area contributed by atoms with Crippen molar-refractivity contribution in [2.45, 2.75) is 0 Å². The van der Waals surface area contributed by atoms with E-state index in [4.69, 9.17) is 4.98 Å². The van der Waals surface area contributed by atoms with E-state index in [2.05, 4.69) is 155 Å². The van der Waals surface area contributed by atoms with Gasteiger partial charge < -0.3 is 9.13 Å². The Balaban J connectivity index is 1.48. The lowest BCUT2D eigenvalue weighted by atomic mass is 10.1. The maximum Gasteiger partial charge on any atom is 0.0984 e. The first-order valence-electron chi connectivity index (χ1n) is 13.6. The third-order valence-corrected chi connectivity index (χ3v) is 7.79. The predicted molar refractivity (Wildman–Crippen MR) is 166 cm³/mol. The second kappa shape index (κ2) is 9.11. The number of benzene rings is 5. The Morgan fingerprint density at radius 3 is 1.80 bits per heavy atom. The summed E-state index contributed by atoms with van der Waals surface area (Å²) in [5.41, 5.74) is 11.3. The van der Waals surface area contributed by atoms with Crippen LogP contribution in [0.2, 0.25) is 0 Å². The number of nitrogens with zero attached hydrogens (tertiary/aromatic N) is 3. The van der Waals surface area contributed by atoms with Crippen LogP contribution in [-0.4, -0.2) is 14.1 Å². The Kier molecular flexibility index (Phi) is 5.14. The summed E-state index contributed by atoms with van der Waals surface area (Å²) < 4.78 is 4.71. The van der Waals surface area contributed by atoms with Crippen molar-refractivity contribution in [3.63, 3.8) is 0 Å². The van der Waals surface area contributed by atoms with E-state index in [0.29, 0.717) is 0 Å². The number of rotatable bonds is 4. The molecule has 188 valence electrons. The molecule has 0 aliphatic rings. The standard InChI is InChI=1S/C37H25N3/c1-3-12-26(13-4-1)28-16-11-17-29(24-28)39-25-32(27-14-5-2-6-15-27)36-37(39)35(22-23-38-36)40-33-20-9-7-18-30(33)31-19-8-10-21-34(31)40/h1-25H. The van der Waals surface area contributed by atoms with Crippen LogP contribution in [0.15, 0.2) is 152 Å². The van der Waals surface area contributed by atoms with Gasteiger partial charge in [-0.05, 0) is 47.0 Å². The molecule has 0 N–H and O–H groups in total. The van der Waals surface area contributed by atoms with Gasteiger partial charge in [-0.25, -0.2) is 0 Å². The Labute approximate surface area is 232 Å². The summed E-state index contributed by atoms with van der Waals surface area (Å²) in [6.07, 6.45) is 4.19. The molecule has 0 unspecified atom stereocenters. The summed E-state index contributed by atoms with van der Waals surface area (Å²) in [6, 6.07) is 49.4. The van der Waals surface area contributed by atoms with E-state index in [0.717, 1.165) is 33.5 Å². The van der Waals surface area contributed by atoms with E-state index in [1.165, 1.54) is 32.9 Å². The SMILES string of the molecule is c1ccc(-c2cccc(-n3cc(-c4ccccc4)c4nccc(-n5c6ccccc6c6ccccc65)c43)c2)cc1. The minimum atomic E-state index is 0.982. The molecule has 5 aromatic carbocycles. The van der Waals surface area contributed by atoms with Crippen LogP contribution < -0.4 is 0 Å². The molecule has 3 heteroatoms. The van der Waals surface area contributed by atoms with E-state index in [9.17, 15) is 0 Å². The molecule has 0 amide bonds. The Bertz CT molecular complexity index is 2100. The highest BCUT2D eigenvalue weighted by atomic mass is 15.1. The largest absolute Gasteiger partial charge is 0.313 e. The molecule has 40 heavy (non-hydrogen) atoms. The lowest BCUT2D eigenvalue weighted by Gasteiger charge is -2.14. The summed E-state index contributed by atoms with van der Waals surface area (Å²) in [5.74, 6) is 0. The molecule has 8 rings (SSSR count). The highest BCUT2D eigenvalue weighted by Crippen LogP contribution is 2.39. The predicted octanol–water partition coefficient (Wildman–Crippen LogP) is 9.46. The van der Waals surface area contributed by atoms with Gasteiger partial charge in [0.2, 0.25) is 0 Å². The van der Waals surface area contributed by atoms with Crippen LogP contribution in [0, 0.1) is 0 Å². The molecular formula is C37H25N3. The summed E-state index contributed by atoms with van der Waals surface area (Å²) >= 11 is 0. The van der Waals surface area contributed by atoms with Crippen molar-refractivity contribution >= 4 is 32.8 Å². The Hall–Kier alpha value is -5.41. The lowest BCUT2D eigenvalue weighted by Crippen LogP contribution is -2.00. The van der Waals surface area contributed by atoms with Gasteiger partial charge in [0, 0.05) is 34.4 Å². The molecule has 3 aromatic heterocycles. The molecule has 0 fully saturated rings. The molecule has 0 spiro atoms. The minimum absolute atomic E-state index is 0.982. The van der Waals surface area contributed by atoms with Crippen LogP contribution in [-0.2, 0) is 0 Å². The summed E-state index contributed by atoms with van der Waals surface area (Å²) in [4.78, 5) is 4.98. The smallest absolute Gasteiger partial charge is 0.0984 e. The average molecular weight is 512 g/mol. The average Bonchev–Trinajstić information content (AvgIpc) is 3.59. The van der Waals surface area contributed by atoms with Crippen molar-refractivity contribution in [2.75, 3.05) is 0 Å². The first-order chi connectivity index (χ1) is 19.9. The molecule has 3 heterocycles. The van der Waals surface area contributed by atoms with Crippen LogP contribution in [0.5, 0.6) is 0 Å². The zero-order valence-corrected chi connectivity index (χ0v) is 21.8. The quantitative estimate of drug-likeness (QED) is 0.231. The number of hydrogen-bond donors (Lipinski definition) is 0. The van der Waals surface area contributed by atoms with Gasteiger partial charge in [0.1, 0.15) is 0 Å². The van der Waals surface area contributed by atoms with Crippen molar-refractivity contribution in [2.24, 2.45) is 0 Å². The number of para-hydroxylation sites is 2. The van der Waals surface area contributed by atoms with Crippen molar-refractivity contribution in [1.29, 1.82) is 0 Å². The van der Waals surface area contributed by atoms with E-state index in [1.54, 1.807) is 0 Å². The third-order valence-electron chi connectivity index (χ3n) is 7.79. The topological polar surface area (TPSA) is 22.8 Å². The molecule has 0 bridgehead atoms. The number of pyridine rings is 1. The van der Waals surface area contributed by atoms with Crippen LogP contribution >= 0.6 is 0 Å². The number of fused-ring (bicyclic) bond motifs is 4. The molecule has 0 saturated heterocycles. The van der Waals surface area contributed by atoms with Crippen LogP contribution in [0.3, 0.4) is 0 Å². The zero-order chi connectivity index (χ0) is 26.5. The molecule has 0 saturated carbocycles. The zero-order valence-electron chi connectivity index (χ0n) is 21.8. The summed E-state index contributed by atoms with van der Waals surface area (Å²) in [7, 11) is 0. The molecule has 3 nitrogen and oxygen atoms in total. The maximum atomic E-state index is 4.98.